The van der Waals surface area contributed by atoms with Crippen molar-refractivity contribution >= 4 is 29.0 Å². The van der Waals surface area contributed by atoms with Gasteiger partial charge in [0, 0.05) is 5.39 Å². The molecule has 1 heterocycles. The number of ether oxygens (including phenoxy) is 1. The van der Waals surface area contributed by atoms with Crippen molar-refractivity contribution in [2.75, 3.05) is 18.1 Å². The topological polar surface area (TPSA) is 106 Å². The number of benzene rings is 1. The maximum Gasteiger partial charge on any atom is 0.397 e. The molecule has 1 aromatic carbocycles. The zero-order valence-electron chi connectivity index (χ0n) is 15.9. The van der Waals surface area contributed by atoms with Crippen LogP contribution in [-0.2, 0) is 9.59 Å². The molecule has 2 aromatic rings. The Balaban J connectivity index is 1.99. The van der Waals surface area contributed by atoms with Gasteiger partial charge in [0.1, 0.15) is 34.7 Å². The minimum atomic E-state index is -4.34. The normalized spacial score (nSPS) is 17.6. The predicted octanol–water partition coefficient (Wildman–Crippen LogP) is 2.66. The summed E-state index contributed by atoms with van der Waals surface area (Å²) in [6.45, 7) is 1.59. The standard InChI is InChI=1S/C19H21F3N2O5/c1-11-15(24(10-26)17(2,8-25)16(23)27)13-7-12(3-4-14(13)29-11)28-9-18(5-6-18)19(20,21)22/h3-4,7,10,25H,5-6,8-9H2,1-2H3,(H2,23,27). The first-order valence-electron chi connectivity index (χ1n) is 8.87. The third-order valence-corrected chi connectivity index (χ3v) is 5.49. The van der Waals surface area contributed by atoms with Gasteiger partial charge < -0.3 is 20.0 Å². The Morgan fingerprint density at radius 2 is 2.07 bits per heavy atom. The van der Waals surface area contributed by atoms with Crippen LogP contribution in [0.25, 0.3) is 11.0 Å². The Bertz CT molecular complexity index is 951. The number of nitrogens with two attached hydrogens (primary N) is 1. The highest BCUT2D eigenvalue weighted by Gasteiger charge is 2.63. The molecule has 1 aliphatic rings. The van der Waals surface area contributed by atoms with Gasteiger partial charge in [-0.1, -0.05) is 0 Å². The average molecular weight is 414 g/mol. The molecular weight excluding hydrogens is 393 g/mol. The number of halogens is 3. The van der Waals surface area contributed by atoms with E-state index in [0.717, 1.165) is 4.90 Å². The van der Waals surface area contributed by atoms with Crippen LogP contribution < -0.4 is 15.4 Å². The lowest BCUT2D eigenvalue weighted by Gasteiger charge is -2.34. The van der Waals surface area contributed by atoms with Gasteiger partial charge in [-0.2, -0.15) is 13.2 Å². The van der Waals surface area contributed by atoms with E-state index >= 15 is 0 Å². The molecule has 3 N–H and O–H groups in total. The molecule has 1 atom stereocenters. The number of carbonyl (C=O) groups is 2. The number of aliphatic hydroxyl groups is 1. The third-order valence-electron chi connectivity index (χ3n) is 5.49. The number of hydrogen-bond acceptors (Lipinski definition) is 5. The van der Waals surface area contributed by atoms with Gasteiger partial charge >= 0.3 is 6.18 Å². The predicted molar refractivity (Wildman–Crippen MR) is 97.4 cm³/mol. The number of alkyl halides is 3. The number of amides is 2. The van der Waals surface area contributed by atoms with Crippen LogP contribution in [0, 0.1) is 12.3 Å². The van der Waals surface area contributed by atoms with Crippen LogP contribution in [-0.4, -0.2) is 42.4 Å². The summed E-state index contributed by atoms with van der Waals surface area (Å²) in [6, 6.07) is 4.40. The van der Waals surface area contributed by atoms with E-state index in [-0.39, 0.29) is 30.0 Å². The van der Waals surface area contributed by atoms with E-state index < -0.39 is 36.3 Å². The Morgan fingerprint density at radius 1 is 1.41 bits per heavy atom. The molecule has 0 spiro atoms. The van der Waals surface area contributed by atoms with Gasteiger partial charge in [0.2, 0.25) is 12.3 Å². The molecule has 1 aliphatic carbocycles. The molecule has 1 unspecified atom stereocenters. The lowest BCUT2D eigenvalue weighted by atomic mass is 9.99. The molecule has 0 bridgehead atoms. The van der Waals surface area contributed by atoms with Crippen molar-refractivity contribution in [3.8, 4) is 5.75 Å². The molecule has 3 rings (SSSR count). The zero-order chi connectivity index (χ0) is 21.6. The van der Waals surface area contributed by atoms with Gasteiger partial charge in [0.25, 0.3) is 0 Å². The van der Waals surface area contributed by atoms with Gasteiger partial charge in [-0.15, -0.1) is 0 Å². The molecule has 1 aromatic heterocycles. The second-order valence-corrected chi connectivity index (χ2v) is 7.50. The van der Waals surface area contributed by atoms with Crippen molar-refractivity contribution < 1.29 is 37.0 Å². The molecule has 7 nitrogen and oxygen atoms in total. The number of aliphatic hydroxyl groups excluding tert-OH is 1. The highest BCUT2D eigenvalue weighted by molar-refractivity contribution is 6.03. The summed E-state index contributed by atoms with van der Waals surface area (Å²) in [5.74, 6) is -0.515. The maximum absolute atomic E-state index is 13.1. The number of fused-ring (bicyclic) bond motifs is 1. The molecule has 0 aliphatic heterocycles. The van der Waals surface area contributed by atoms with E-state index in [2.05, 4.69) is 0 Å². The smallest absolute Gasteiger partial charge is 0.397 e. The largest absolute Gasteiger partial charge is 0.493 e. The summed E-state index contributed by atoms with van der Waals surface area (Å²) in [4.78, 5) is 24.6. The highest BCUT2D eigenvalue weighted by atomic mass is 19.4. The number of primary amides is 1. The van der Waals surface area contributed by atoms with Crippen LogP contribution in [0.3, 0.4) is 0 Å². The SMILES string of the molecule is Cc1oc2ccc(OCC3(C(F)(F)F)CC3)cc2c1N(C=O)C(C)(CO)C(N)=O. The first kappa shape index (κ1) is 21.0. The van der Waals surface area contributed by atoms with Crippen molar-refractivity contribution in [1.82, 2.24) is 0 Å². The van der Waals surface area contributed by atoms with Gasteiger partial charge in [-0.3, -0.25) is 14.5 Å². The van der Waals surface area contributed by atoms with Crippen molar-refractivity contribution in [1.29, 1.82) is 0 Å². The Hall–Kier alpha value is -2.75. The fourth-order valence-corrected chi connectivity index (χ4v) is 3.15. The lowest BCUT2D eigenvalue weighted by Crippen LogP contribution is -2.58. The number of hydrogen-bond donors (Lipinski definition) is 2. The summed E-state index contributed by atoms with van der Waals surface area (Å²) in [7, 11) is 0. The van der Waals surface area contributed by atoms with Crippen LogP contribution in [0.5, 0.6) is 5.75 Å². The van der Waals surface area contributed by atoms with Crippen LogP contribution in [0.1, 0.15) is 25.5 Å². The molecule has 0 saturated heterocycles. The van der Waals surface area contributed by atoms with Gasteiger partial charge in [0.15, 0.2) is 0 Å². The molecule has 0 radical (unpaired) electrons. The first-order valence-corrected chi connectivity index (χ1v) is 8.87. The summed E-state index contributed by atoms with van der Waals surface area (Å²) < 4.78 is 50.3. The van der Waals surface area contributed by atoms with Crippen molar-refractivity contribution in [2.45, 2.75) is 38.4 Å². The lowest BCUT2D eigenvalue weighted by molar-refractivity contribution is -0.194. The molecule has 1 fully saturated rings. The number of aryl methyl sites for hydroxylation is 1. The van der Waals surface area contributed by atoms with Crippen LogP contribution in [0.4, 0.5) is 18.9 Å². The third kappa shape index (κ3) is 3.41. The fourth-order valence-electron chi connectivity index (χ4n) is 3.15. The van der Waals surface area contributed by atoms with Gasteiger partial charge in [0.05, 0.1) is 12.3 Å². The summed E-state index contributed by atoms with van der Waals surface area (Å²) >= 11 is 0. The van der Waals surface area contributed by atoms with Crippen molar-refractivity contribution in [2.24, 2.45) is 11.1 Å². The van der Waals surface area contributed by atoms with E-state index in [4.69, 9.17) is 14.9 Å². The number of furan rings is 1. The zero-order valence-corrected chi connectivity index (χ0v) is 15.9. The number of carbonyl (C=O) groups excluding carboxylic acids is 2. The number of rotatable bonds is 8. The first-order chi connectivity index (χ1) is 13.5. The minimum Gasteiger partial charge on any atom is -0.493 e. The van der Waals surface area contributed by atoms with Crippen LogP contribution in [0.15, 0.2) is 22.6 Å². The molecule has 2 amide bonds. The summed E-state index contributed by atoms with van der Waals surface area (Å²) in [6.07, 6.45) is -3.97. The number of anilines is 1. The van der Waals surface area contributed by atoms with E-state index in [1.807, 2.05) is 0 Å². The van der Waals surface area contributed by atoms with E-state index in [1.54, 1.807) is 6.92 Å². The summed E-state index contributed by atoms with van der Waals surface area (Å²) in [5, 5.41) is 10.0. The monoisotopic (exact) mass is 414 g/mol. The molecule has 10 heteroatoms. The summed E-state index contributed by atoms with van der Waals surface area (Å²) in [5.41, 5.74) is 2.31. The minimum absolute atomic E-state index is 0.0151. The molecule has 158 valence electrons. The molecular formula is C19H21F3N2O5. The second-order valence-electron chi connectivity index (χ2n) is 7.50. The Morgan fingerprint density at radius 3 is 2.55 bits per heavy atom. The van der Waals surface area contributed by atoms with E-state index in [1.165, 1.54) is 25.1 Å². The average Bonchev–Trinajstić information content (AvgIpc) is 3.39. The highest BCUT2D eigenvalue weighted by Crippen LogP contribution is 2.57. The second kappa shape index (κ2) is 6.94. The maximum atomic E-state index is 13.1. The van der Waals surface area contributed by atoms with Crippen molar-refractivity contribution in [3.05, 3.63) is 24.0 Å². The van der Waals surface area contributed by atoms with Crippen molar-refractivity contribution in [3.63, 3.8) is 0 Å². The Kier molecular flexibility index (Phi) is 5.02. The van der Waals surface area contributed by atoms with Crippen LogP contribution >= 0.6 is 0 Å². The number of nitrogens with zero attached hydrogens (tertiary/aromatic N) is 1. The van der Waals surface area contributed by atoms with Gasteiger partial charge in [-0.05, 0) is 44.9 Å². The van der Waals surface area contributed by atoms with Crippen LogP contribution in [0.2, 0.25) is 0 Å². The quantitative estimate of drug-likeness (QED) is 0.646. The fraction of sp³-hybridized carbons (Fsp3) is 0.474. The molecule has 1 saturated carbocycles. The van der Waals surface area contributed by atoms with Gasteiger partial charge in [-0.25, -0.2) is 0 Å². The van der Waals surface area contributed by atoms with E-state index in [9.17, 15) is 27.9 Å². The van der Waals surface area contributed by atoms with E-state index in [0.29, 0.717) is 17.4 Å². The Labute approximate surface area is 164 Å². The molecule has 29 heavy (non-hydrogen) atoms.